The summed E-state index contributed by atoms with van der Waals surface area (Å²) in [5.74, 6) is 0.204. The van der Waals surface area contributed by atoms with Crippen molar-refractivity contribution in [2.45, 2.75) is 6.36 Å². The highest BCUT2D eigenvalue weighted by molar-refractivity contribution is 6.30. The van der Waals surface area contributed by atoms with Crippen LogP contribution in [0.2, 0.25) is 5.02 Å². The molecule has 8 heteroatoms. The molecule has 3 aromatic rings. The van der Waals surface area contributed by atoms with Crippen molar-refractivity contribution in [3.05, 3.63) is 65.9 Å². The second kappa shape index (κ2) is 6.98. The molecule has 1 heterocycles. The van der Waals surface area contributed by atoms with Crippen LogP contribution in [0.5, 0.6) is 5.75 Å². The lowest BCUT2D eigenvalue weighted by atomic mass is 10.1. The molecule has 1 N–H and O–H groups in total. The van der Waals surface area contributed by atoms with Crippen molar-refractivity contribution < 1.29 is 17.9 Å². The molecule has 4 nitrogen and oxygen atoms in total. The largest absolute Gasteiger partial charge is 0.573 e. The standard InChI is InChI=1S/C17H11ClF3N3O/c18-12-3-1-2-11(8-12)15-9-16(23-10-22-15)24-13-4-6-14(7-5-13)25-17(19,20)21/h1-10H,(H,22,23,24). The molecule has 2 aromatic carbocycles. The molecule has 0 aliphatic heterocycles. The van der Waals surface area contributed by atoms with Crippen LogP contribution in [-0.4, -0.2) is 16.3 Å². The Labute approximate surface area is 146 Å². The van der Waals surface area contributed by atoms with Gasteiger partial charge in [0, 0.05) is 22.3 Å². The average Bonchev–Trinajstić information content (AvgIpc) is 2.56. The number of aromatic nitrogens is 2. The Morgan fingerprint density at radius 3 is 2.40 bits per heavy atom. The highest BCUT2D eigenvalue weighted by Crippen LogP contribution is 2.26. The first kappa shape index (κ1) is 17.0. The van der Waals surface area contributed by atoms with Crippen LogP contribution in [0.1, 0.15) is 0 Å². The first-order valence-corrected chi connectivity index (χ1v) is 7.48. The van der Waals surface area contributed by atoms with E-state index < -0.39 is 6.36 Å². The van der Waals surface area contributed by atoms with Crippen molar-refractivity contribution in [2.24, 2.45) is 0 Å². The van der Waals surface area contributed by atoms with Crippen LogP contribution < -0.4 is 10.1 Å². The fourth-order valence-corrected chi connectivity index (χ4v) is 2.31. The molecule has 1 aromatic heterocycles. The fourth-order valence-electron chi connectivity index (χ4n) is 2.12. The monoisotopic (exact) mass is 365 g/mol. The van der Waals surface area contributed by atoms with Gasteiger partial charge in [-0.1, -0.05) is 23.7 Å². The summed E-state index contributed by atoms with van der Waals surface area (Å²) >= 11 is 5.97. The van der Waals surface area contributed by atoms with Gasteiger partial charge in [-0.3, -0.25) is 0 Å². The lowest BCUT2D eigenvalue weighted by Gasteiger charge is -2.10. The quantitative estimate of drug-likeness (QED) is 0.668. The van der Waals surface area contributed by atoms with Gasteiger partial charge in [-0.25, -0.2) is 9.97 Å². The number of hydrogen-bond acceptors (Lipinski definition) is 4. The Balaban J connectivity index is 1.76. The van der Waals surface area contributed by atoms with Gasteiger partial charge in [0.25, 0.3) is 0 Å². The van der Waals surface area contributed by atoms with Crippen molar-refractivity contribution in [1.29, 1.82) is 0 Å². The van der Waals surface area contributed by atoms with E-state index in [2.05, 4.69) is 20.0 Å². The minimum absolute atomic E-state index is 0.291. The molecule has 0 amide bonds. The first-order chi connectivity index (χ1) is 11.9. The second-order valence-electron chi connectivity index (χ2n) is 5.00. The molecular weight excluding hydrogens is 355 g/mol. The summed E-state index contributed by atoms with van der Waals surface area (Å²) in [6, 6.07) is 14.3. The van der Waals surface area contributed by atoms with Crippen molar-refractivity contribution in [3.8, 4) is 17.0 Å². The van der Waals surface area contributed by atoms with Crippen molar-refractivity contribution in [3.63, 3.8) is 0 Å². The van der Waals surface area contributed by atoms with Crippen LogP contribution in [0.4, 0.5) is 24.7 Å². The minimum atomic E-state index is -4.71. The summed E-state index contributed by atoms with van der Waals surface area (Å²) < 4.78 is 40.3. The number of alkyl halides is 3. The van der Waals surface area contributed by atoms with E-state index in [0.717, 1.165) is 5.56 Å². The molecule has 0 aliphatic rings. The molecule has 0 bridgehead atoms. The zero-order chi connectivity index (χ0) is 17.9. The number of benzene rings is 2. The number of halogens is 4. The van der Waals surface area contributed by atoms with Gasteiger partial charge in [-0.05, 0) is 36.4 Å². The lowest BCUT2D eigenvalue weighted by molar-refractivity contribution is -0.274. The molecule has 128 valence electrons. The Kier molecular flexibility index (Phi) is 4.76. The van der Waals surface area contributed by atoms with Gasteiger partial charge in [0.15, 0.2) is 0 Å². The predicted octanol–water partition coefficient (Wildman–Crippen LogP) is 5.44. The maximum absolute atomic E-state index is 12.2. The summed E-state index contributed by atoms with van der Waals surface area (Å²) in [6.07, 6.45) is -3.33. The van der Waals surface area contributed by atoms with E-state index in [1.165, 1.54) is 30.6 Å². The van der Waals surface area contributed by atoms with Gasteiger partial charge in [-0.15, -0.1) is 13.2 Å². The van der Waals surface area contributed by atoms with Crippen molar-refractivity contribution in [1.82, 2.24) is 9.97 Å². The molecule has 0 atom stereocenters. The van der Waals surface area contributed by atoms with Crippen LogP contribution in [0, 0.1) is 0 Å². The second-order valence-corrected chi connectivity index (χ2v) is 5.43. The van der Waals surface area contributed by atoms with Gasteiger partial charge in [0.2, 0.25) is 0 Å². The molecule has 0 aliphatic carbocycles. The molecule has 25 heavy (non-hydrogen) atoms. The summed E-state index contributed by atoms with van der Waals surface area (Å²) in [4.78, 5) is 8.29. The SMILES string of the molecule is FC(F)(F)Oc1ccc(Nc2cc(-c3cccc(Cl)c3)ncn2)cc1. The van der Waals surface area contributed by atoms with Gasteiger partial charge in [0.05, 0.1) is 5.69 Å². The minimum Gasteiger partial charge on any atom is -0.406 e. The van der Waals surface area contributed by atoms with Gasteiger partial charge >= 0.3 is 6.36 Å². The van der Waals surface area contributed by atoms with Crippen LogP contribution in [-0.2, 0) is 0 Å². The van der Waals surface area contributed by atoms with Gasteiger partial charge in [0.1, 0.15) is 17.9 Å². The summed E-state index contributed by atoms with van der Waals surface area (Å²) in [5.41, 5.74) is 2.05. The van der Waals surface area contributed by atoms with E-state index in [0.29, 0.717) is 22.2 Å². The topological polar surface area (TPSA) is 47.0 Å². The third-order valence-electron chi connectivity index (χ3n) is 3.15. The Bertz CT molecular complexity index is 870. The lowest BCUT2D eigenvalue weighted by Crippen LogP contribution is -2.16. The molecule has 0 fully saturated rings. The number of ether oxygens (including phenoxy) is 1. The number of nitrogens with zero attached hydrogens (tertiary/aromatic N) is 2. The number of rotatable bonds is 4. The molecule has 3 rings (SSSR count). The Morgan fingerprint density at radius 2 is 1.72 bits per heavy atom. The summed E-state index contributed by atoms with van der Waals surface area (Å²) in [6.45, 7) is 0. The highest BCUT2D eigenvalue weighted by Gasteiger charge is 2.30. The predicted molar refractivity (Wildman–Crippen MR) is 88.9 cm³/mol. The van der Waals surface area contributed by atoms with Crippen molar-refractivity contribution in [2.75, 3.05) is 5.32 Å². The van der Waals surface area contributed by atoms with E-state index >= 15 is 0 Å². The normalized spacial score (nSPS) is 11.2. The molecular formula is C17H11ClF3N3O. The molecule has 0 saturated carbocycles. The maximum atomic E-state index is 12.2. The average molecular weight is 366 g/mol. The number of nitrogens with one attached hydrogen (secondary N) is 1. The van der Waals surface area contributed by atoms with Gasteiger partial charge in [-0.2, -0.15) is 0 Å². The van der Waals surface area contributed by atoms with Crippen LogP contribution in [0.15, 0.2) is 60.9 Å². The van der Waals surface area contributed by atoms with E-state index in [4.69, 9.17) is 11.6 Å². The molecule has 0 radical (unpaired) electrons. The zero-order valence-electron chi connectivity index (χ0n) is 12.6. The fraction of sp³-hybridized carbons (Fsp3) is 0.0588. The summed E-state index contributed by atoms with van der Waals surface area (Å²) in [7, 11) is 0. The third kappa shape index (κ3) is 4.84. The van der Waals surface area contributed by atoms with E-state index in [1.54, 1.807) is 18.2 Å². The smallest absolute Gasteiger partial charge is 0.406 e. The number of hydrogen-bond donors (Lipinski definition) is 1. The molecule has 0 unspecified atom stereocenters. The first-order valence-electron chi connectivity index (χ1n) is 7.10. The van der Waals surface area contributed by atoms with E-state index in [1.807, 2.05) is 12.1 Å². The maximum Gasteiger partial charge on any atom is 0.573 e. The van der Waals surface area contributed by atoms with E-state index in [-0.39, 0.29) is 5.75 Å². The molecule has 0 spiro atoms. The van der Waals surface area contributed by atoms with Crippen LogP contribution in [0.25, 0.3) is 11.3 Å². The summed E-state index contributed by atoms with van der Waals surface area (Å²) in [5, 5.41) is 3.59. The Morgan fingerprint density at radius 1 is 0.960 bits per heavy atom. The third-order valence-corrected chi connectivity index (χ3v) is 3.38. The van der Waals surface area contributed by atoms with Crippen molar-refractivity contribution >= 4 is 23.1 Å². The molecule has 0 saturated heterocycles. The number of anilines is 2. The van der Waals surface area contributed by atoms with Gasteiger partial charge < -0.3 is 10.1 Å². The van der Waals surface area contributed by atoms with Crippen LogP contribution in [0.3, 0.4) is 0 Å². The van der Waals surface area contributed by atoms with Crippen LogP contribution >= 0.6 is 11.6 Å². The zero-order valence-corrected chi connectivity index (χ0v) is 13.3. The van der Waals surface area contributed by atoms with E-state index in [9.17, 15) is 13.2 Å². The highest BCUT2D eigenvalue weighted by atomic mass is 35.5. The Hall–Kier alpha value is -2.80.